The summed E-state index contributed by atoms with van der Waals surface area (Å²) in [5.41, 5.74) is 6.13. The third kappa shape index (κ3) is 4.37. The van der Waals surface area contributed by atoms with E-state index in [0.717, 1.165) is 60.8 Å². The highest BCUT2D eigenvalue weighted by molar-refractivity contribution is 5.62. The smallest absolute Gasteiger partial charge is 0.161 e. The standard InChI is InChI=1S/C28H29NO3/c1-30-26-18-24-23(17-27(26)32-19-20-7-3-2-4-8-20)14-15-29-25(24)13-12-22-10-5-9-21-11-6-16-31-28(21)22/h2-5,7-10,12-13,17-18,25,29H,6,11,14-16,19H2,1H3/b13-12+. The Morgan fingerprint density at radius 3 is 2.78 bits per heavy atom. The quantitative estimate of drug-likeness (QED) is 0.564. The molecule has 2 aliphatic rings. The highest BCUT2D eigenvalue weighted by Gasteiger charge is 2.21. The fourth-order valence-electron chi connectivity index (χ4n) is 4.52. The zero-order valence-corrected chi connectivity index (χ0v) is 18.5. The molecule has 3 aromatic carbocycles. The first-order chi connectivity index (χ1) is 15.8. The van der Waals surface area contributed by atoms with Crippen LogP contribution in [-0.2, 0) is 19.4 Å². The van der Waals surface area contributed by atoms with Gasteiger partial charge in [-0.3, -0.25) is 0 Å². The molecule has 1 N–H and O–H groups in total. The summed E-state index contributed by atoms with van der Waals surface area (Å²) in [4.78, 5) is 0. The molecule has 0 aliphatic carbocycles. The number of hydrogen-bond acceptors (Lipinski definition) is 4. The maximum absolute atomic E-state index is 6.13. The molecule has 0 radical (unpaired) electrons. The highest BCUT2D eigenvalue weighted by atomic mass is 16.5. The van der Waals surface area contributed by atoms with Gasteiger partial charge < -0.3 is 19.5 Å². The second kappa shape index (κ2) is 9.49. The van der Waals surface area contributed by atoms with Gasteiger partial charge in [0, 0.05) is 12.1 Å². The van der Waals surface area contributed by atoms with Crippen molar-refractivity contribution in [2.75, 3.05) is 20.3 Å². The molecular weight excluding hydrogens is 398 g/mol. The fraction of sp³-hybridized carbons (Fsp3) is 0.286. The molecule has 5 rings (SSSR count). The van der Waals surface area contributed by atoms with Gasteiger partial charge in [0.05, 0.1) is 19.8 Å². The Morgan fingerprint density at radius 1 is 1.00 bits per heavy atom. The zero-order valence-electron chi connectivity index (χ0n) is 18.5. The molecule has 0 fully saturated rings. The number of ether oxygens (including phenoxy) is 3. The van der Waals surface area contributed by atoms with Crippen molar-refractivity contribution in [1.29, 1.82) is 0 Å². The van der Waals surface area contributed by atoms with Crippen molar-refractivity contribution in [2.24, 2.45) is 0 Å². The Balaban J connectivity index is 1.39. The molecule has 4 nitrogen and oxygen atoms in total. The molecule has 0 amide bonds. The molecule has 2 aliphatic heterocycles. The first-order valence-corrected chi connectivity index (χ1v) is 11.4. The van der Waals surface area contributed by atoms with Gasteiger partial charge in [-0.25, -0.2) is 0 Å². The van der Waals surface area contributed by atoms with Gasteiger partial charge in [-0.15, -0.1) is 0 Å². The van der Waals surface area contributed by atoms with Crippen LogP contribution in [0.25, 0.3) is 6.08 Å². The molecule has 2 heterocycles. The molecule has 0 spiro atoms. The van der Waals surface area contributed by atoms with Crippen LogP contribution in [0.5, 0.6) is 17.2 Å². The second-order valence-electron chi connectivity index (χ2n) is 8.30. The van der Waals surface area contributed by atoms with E-state index in [-0.39, 0.29) is 6.04 Å². The molecule has 1 atom stereocenters. The topological polar surface area (TPSA) is 39.7 Å². The number of fused-ring (bicyclic) bond motifs is 2. The monoisotopic (exact) mass is 427 g/mol. The predicted octanol–water partition coefficient (Wildman–Crippen LogP) is 5.50. The van der Waals surface area contributed by atoms with E-state index in [2.05, 4.69) is 59.9 Å². The average molecular weight is 428 g/mol. The second-order valence-corrected chi connectivity index (χ2v) is 8.30. The Labute approximate surface area is 189 Å². The van der Waals surface area contributed by atoms with Crippen molar-refractivity contribution in [2.45, 2.75) is 31.9 Å². The highest BCUT2D eigenvalue weighted by Crippen LogP contribution is 2.37. The number of para-hydroxylation sites is 1. The molecule has 0 saturated heterocycles. The molecule has 1 unspecified atom stereocenters. The van der Waals surface area contributed by atoms with Crippen LogP contribution in [0, 0.1) is 0 Å². The van der Waals surface area contributed by atoms with Crippen LogP contribution in [0.4, 0.5) is 0 Å². The number of nitrogens with one attached hydrogen (secondary N) is 1. The van der Waals surface area contributed by atoms with Crippen molar-refractivity contribution >= 4 is 6.08 Å². The molecule has 32 heavy (non-hydrogen) atoms. The molecule has 4 heteroatoms. The van der Waals surface area contributed by atoms with Gasteiger partial charge in [0.1, 0.15) is 12.4 Å². The van der Waals surface area contributed by atoms with Crippen molar-refractivity contribution in [3.05, 3.63) is 94.6 Å². The molecule has 0 bridgehead atoms. The van der Waals surface area contributed by atoms with E-state index >= 15 is 0 Å². The van der Waals surface area contributed by atoms with E-state index in [4.69, 9.17) is 14.2 Å². The summed E-state index contributed by atoms with van der Waals surface area (Å²) in [6, 6.07) is 21.0. The van der Waals surface area contributed by atoms with Gasteiger partial charge in [-0.05, 0) is 53.6 Å². The maximum Gasteiger partial charge on any atom is 0.161 e. The summed E-state index contributed by atoms with van der Waals surface area (Å²) in [7, 11) is 1.70. The van der Waals surface area contributed by atoms with Crippen LogP contribution in [-0.4, -0.2) is 20.3 Å². The lowest BCUT2D eigenvalue weighted by atomic mass is 9.92. The maximum atomic E-state index is 6.13. The molecule has 0 saturated carbocycles. The van der Waals surface area contributed by atoms with Crippen molar-refractivity contribution in [1.82, 2.24) is 5.32 Å². The summed E-state index contributed by atoms with van der Waals surface area (Å²) < 4.78 is 17.8. The Bertz CT molecular complexity index is 1110. The van der Waals surface area contributed by atoms with Gasteiger partial charge >= 0.3 is 0 Å². The zero-order chi connectivity index (χ0) is 21.8. The lowest BCUT2D eigenvalue weighted by molar-refractivity contribution is 0.283. The normalized spacial score (nSPS) is 17.3. The molecular formula is C28H29NO3. The van der Waals surface area contributed by atoms with Crippen LogP contribution in [0.2, 0.25) is 0 Å². The minimum atomic E-state index is 0.121. The number of methoxy groups -OCH3 is 1. The first kappa shape index (κ1) is 20.7. The molecule has 3 aromatic rings. The lowest BCUT2D eigenvalue weighted by Crippen LogP contribution is -2.28. The SMILES string of the molecule is COc1cc2c(cc1OCc1ccccc1)CCNC2/C=C/c1cccc2c1OCCC2. The number of benzene rings is 3. The Morgan fingerprint density at radius 2 is 1.91 bits per heavy atom. The van der Waals surface area contributed by atoms with Crippen LogP contribution in [0.3, 0.4) is 0 Å². The number of rotatable bonds is 6. The Kier molecular flexibility index (Phi) is 6.13. The van der Waals surface area contributed by atoms with Crippen molar-refractivity contribution in [3.63, 3.8) is 0 Å². The summed E-state index contributed by atoms with van der Waals surface area (Å²) in [5.74, 6) is 2.60. The van der Waals surface area contributed by atoms with Crippen molar-refractivity contribution < 1.29 is 14.2 Å². The van der Waals surface area contributed by atoms with Gasteiger partial charge in [0.25, 0.3) is 0 Å². The third-order valence-electron chi connectivity index (χ3n) is 6.19. The van der Waals surface area contributed by atoms with Crippen LogP contribution >= 0.6 is 0 Å². The van der Waals surface area contributed by atoms with E-state index < -0.39 is 0 Å². The number of aryl methyl sites for hydroxylation is 1. The van der Waals surface area contributed by atoms with Crippen molar-refractivity contribution in [3.8, 4) is 17.2 Å². The third-order valence-corrected chi connectivity index (χ3v) is 6.19. The van der Waals surface area contributed by atoms with E-state index in [1.807, 2.05) is 18.2 Å². The van der Waals surface area contributed by atoms with E-state index in [9.17, 15) is 0 Å². The number of hydrogen-bond donors (Lipinski definition) is 1. The summed E-state index contributed by atoms with van der Waals surface area (Å²) >= 11 is 0. The van der Waals surface area contributed by atoms with Gasteiger partial charge in [0.15, 0.2) is 11.5 Å². The summed E-state index contributed by atoms with van der Waals surface area (Å²) in [6.07, 6.45) is 7.56. The minimum absolute atomic E-state index is 0.121. The van der Waals surface area contributed by atoms with E-state index in [0.29, 0.717) is 6.61 Å². The largest absolute Gasteiger partial charge is 0.493 e. The van der Waals surface area contributed by atoms with Gasteiger partial charge in [0.2, 0.25) is 0 Å². The van der Waals surface area contributed by atoms with Gasteiger partial charge in [-0.2, -0.15) is 0 Å². The summed E-state index contributed by atoms with van der Waals surface area (Å²) in [5, 5.41) is 3.63. The molecule has 164 valence electrons. The van der Waals surface area contributed by atoms with Crippen LogP contribution in [0.1, 0.15) is 40.3 Å². The predicted molar refractivity (Wildman–Crippen MR) is 128 cm³/mol. The van der Waals surface area contributed by atoms with Crippen LogP contribution in [0.15, 0.2) is 66.7 Å². The van der Waals surface area contributed by atoms with E-state index in [1.54, 1.807) is 7.11 Å². The fourth-order valence-corrected chi connectivity index (χ4v) is 4.52. The average Bonchev–Trinajstić information content (AvgIpc) is 2.86. The lowest BCUT2D eigenvalue weighted by Gasteiger charge is -2.26. The van der Waals surface area contributed by atoms with Gasteiger partial charge in [-0.1, -0.05) is 60.7 Å². The first-order valence-electron chi connectivity index (χ1n) is 11.4. The van der Waals surface area contributed by atoms with Crippen LogP contribution < -0.4 is 19.5 Å². The Hall–Kier alpha value is -3.24. The minimum Gasteiger partial charge on any atom is -0.493 e. The summed E-state index contributed by atoms with van der Waals surface area (Å²) in [6.45, 7) is 2.25. The molecule has 0 aromatic heterocycles. The van der Waals surface area contributed by atoms with E-state index in [1.165, 1.54) is 16.7 Å².